The van der Waals surface area contributed by atoms with E-state index in [1.807, 2.05) is 0 Å². The molecule has 1 saturated carbocycles. The maximum atomic E-state index is 14.4. The Bertz CT molecular complexity index is 699. The van der Waals surface area contributed by atoms with E-state index in [-0.39, 0.29) is 12.0 Å². The summed E-state index contributed by atoms with van der Waals surface area (Å²) in [5, 5.41) is 10.5. The highest BCUT2D eigenvalue weighted by Crippen LogP contribution is 2.40. The molecule has 3 nitrogen and oxygen atoms in total. The molecule has 0 bridgehead atoms. The molecule has 2 aromatic rings. The van der Waals surface area contributed by atoms with E-state index in [1.165, 1.54) is 26.0 Å². The molecule has 1 heterocycles. The zero-order valence-electron chi connectivity index (χ0n) is 13.2. The van der Waals surface area contributed by atoms with Gasteiger partial charge < -0.3 is 9.84 Å². The van der Waals surface area contributed by atoms with Crippen molar-refractivity contribution >= 4 is 10.9 Å². The summed E-state index contributed by atoms with van der Waals surface area (Å²) in [4.78, 5) is 3.91. The quantitative estimate of drug-likeness (QED) is 0.729. The standard InChI is InChI=1S/C18H21F2NO2/c1-23-14-8-7-13-10-15(17(22)21-16(13)11-14)18(19,20)9-3-2-4-12-5-6-12/h7-8,10-12H,2-6,9H2,1H3,(H,21,22). The van der Waals surface area contributed by atoms with Crippen molar-refractivity contribution in [3.05, 3.63) is 29.8 Å². The van der Waals surface area contributed by atoms with Crippen LogP contribution in [-0.2, 0) is 5.92 Å². The van der Waals surface area contributed by atoms with Crippen molar-refractivity contribution in [3.63, 3.8) is 0 Å². The zero-order valence-corrected chi connectivity index (χ0v) is 13.2. The number of aromatic nitrogens is 1. The first-order chi connectivity index (χ1) is 11.0. The van der Waals surface area contributed by atoms with E-state index in [1.54, 1.807) is 18.2 Å². The van der Waals surface area contributed by atoms with Crippen LogP contribution in [0.3, 0.4) is 0 Å². The molecule has 0 aliphatic heterocycles. The fraction of sp³-hybridized carbons (Fsp3) is 0.500. The Labute approximate surface area is 134 Å². The largest absolute Gasteiger partial charge is 0.497 e. The molecule has 3 rings (SSSR count). The molecule has 23 heavy (non-hydrogen) atoms. The van der Waals surface area contributed by atoms with Crippen LogP contribution in [-0.4, -0.2) is 17.2 Å². The van der Waals surface area contributed by atoms with E-state index < -0.39 is 11.8 Å². The number of pyridine rings is 1. The van der Waals surface area contributed by atoms with E-state index in [0.717, 1.165) is 18.8 Å². The van der Waals surface area contributed by atoms with E-state index in [2.05, 4.69) is 4.98 Å². The Morgan fingerprint density at radius 2 is 2.04 bits per heavy atom. The highest BCUT2D eigenvalue weighted by Gasteiger charge is 2.35. The van der Waals surface area contributed by atoms with Crippen LogP contribution in [0.1, 0.15) is 44.1 Å². The van der Waals surface area contributed by atoms with Gasteiger partial charge in [-0.25, -0.2) is 13.8 Å². The molecule has 1 aliphatic carbocycles. The van der Waals surface area contributed by atoms with Crippen molar-refractivity contribution in [1.82, 2.24) is 4.98 Å². The van der Waals surface area contributed by atoms with Crippen molar-refractivity contribution in [3.8, 4) is 11.6 Å². The highest BCUT2D eigenvalue weighted by atomic mass is 19.3. The molecular formula is C18H21F2NO2. The summed E-state index contributed by atoms with van der Waals surface area (Å²) < 4.78 is 33.9. The molecule has 0 radical (unpaired) electrons. The van der Waals surface area contributed by atoms with Crippen LogP contribution >= 0.6 is 0 Å². The molecule has 1 fully saturated rings. The van der Waals surface area contributed by atoms with Gasteiger partial charge in [0.05, 0.1) is 18.2 Å². The number of aromatic hydroxyl groups is 1. The van der Waals surface area contributed by atoms with E-state index in [4.69, 9.17) is 4.74 Å². The van der Waals surface area contributed by atoms with Crippen LogP contribution in [0.25, 0.3) is 10.9 Å². The Morgan fingerprint density at radius 1 is 1.26 bits per heavy atom. The number of rotatable bonds is 7. The normalized spacial score (nSPS) is 15.1. The first-order valence-corrected chi connectivity index (χ1v) is 8.05. The third-order valence-corrected chi connectivity index (χ3v) is 4.45. The molecule has 0 unspecified atom stereocenters. The SMILES string of the molecule is COc1ccc2cc(C(F)(F)CCCCC3CC3)c(O)nc2c1. The summed E-state index contributed by atoms with van der Waals surface area (Å²) >= 11 is 0. The van der Waals surface area contributed by atoms with Crippen LogP contribution in [0, 0.1) is 5.92 Å². The van der Waals surface area contributed by atoms with Crippen molar-refractivity contribution < 1.29 is 18.6 Å². The van der Waals surface area contributed by atoms with Gasteiger partial charge in [0.1, 0.15) is 5.75 Å². The van der Waals surface area contributed by atoms with Gasteiger partial charge in [-0.3, -0.25) is 0 Å². The lowest BCUT2D eigenvalue weighted by Gasteiger charge is -2.18. The average Bonchev–Trinajstić information content (AvgIpc) is 3.34. The third kappa shape index (κ3) is 3.71. The van der Waals surface area contributed by atoms with Gasteiger partial charge in [-0.15, -0.1) is 0 Å². The topological polar surface area (TPSA) is 42.4 Å². The number of hydrogen-bond acceptors (Lipinski definition) is 3. The second-order valence-corrected chi connectivity index (χ2v) is 6.31. The zero-order chi connectivity index (χ0) is 16.4. The Hall–Kier alpha value is -1.91. The average molecular weight is 321 g/mol. The van der Waals surface area contributed by atoms with Gasteiger partial charge in [-0.2, -0.15) is 0 Å². The highest BCUT2D eigenvalue weighted by molar-refractivity contribution is 5.81. The molecular weight excluding hydrogens is 300 g/mol. The van der Waals surface area contributed by atoms with Crippen molar-refractivity contribution in [1.29, 1.82) is 0 Å². The molecule has 5 heteroatoms. The van der Waals surface area contributed by atoms with E-state index in [0.29, 0.717) is 23.1 Å². The Balaban J connectivity index is 1.77. The van der Waals surface area contributed by atoms with Crippen molar-refractivity contribution in [2.24, 2.45) is 5.92 Å². The first-order valence-electron chi connectivity index (χ1n) is 8.05. The minimum absolute atomic E-state index is 0.253. The molecule has 1 aliphatic rings. The Morgan fingerprint density at radius 3 is 2.74 bits per heavy atom. The molecule has 0 saturated heterocycles. The number of benzene rings is 1. The van der Waals surface area contributed by atoms with Gasteiger partial charge in [0, 0.05) is 17.9 Å². The predicted octanol–water partition coefficient (Wildman–Crippen LogP) is 5.01. The lowest BCUT2D eigenvalue weighted by atomic mass is 10.0. The maximum absolute atomic E-state index is 14.4. The monoisotopic (exact) mass is 321 g/mol. The lowest BCUT2D eigenvalue weighted by Crippen LogP contribution is -2.14. The number of halogens is 2. The van der Waals surface area contributed by atoms with Crippen LogP contribution in [0.5, 0.6) is 11.6 Å². The molecule has 1 N–H and O–H groups in total. The summed E-state index contributed by atoms with van der Waals surface area (Å²) in [6.45, 7) is 0. The van der Waals surface area contributed by atoms with Crippen LogP contribution in [0.15, 0.2) is 24.3 Å². The molecule has 124 valence electrons. The lowest BCUT2D eigenvalue weighted by molar-refractivity contribution is -0.0181. The van der Waals surface area contributed by atoms with Crippen LogP contribution in [0.4, 0.5) is 8.78 Å². The van der Waals surface area contributed by atoms with Crippen LogP contribution < -0.4 is 4.74 Å². The number of ether oxygens (including phenoxy) is 1. The van der Waals surface area contributed by atoms with E-state index >= 15 is 0 Å². The van der Waals surface area contributed by atoms with Gasteiger partial charge >= 0.3 is 0 Å². The smallest absolute Gasteiger partial charge is 0.278 e. The summed E-state index contributed by atoms with van der Waals surface area (Å²) in [5.74, 6) is -2.33. The first kappa shape index (κ1) is 16.0. The fourth-order valence-corrected chi connectivity index (χ4v) is 2.85. The number of fused-ring (bicyclic) bond motifs is 1. The second kappa shape index (κ2) is 6.30. The molecule has 1 aromatic heterocycles. The molecule has 0 atom stereocenters. The van der Waals surface area contributed by atoms with E-state index in [9.17, 15) is 13.9 Å². The molecule has 1 aromatic carbocycles. The number of nitrogens with zero attached hydrogens (tertiary/aromatic N) is 1. The van der Waals surface area contributed by atoms with Gasteiger partial charge in [-0.1, -0.05) is 25.7 Å². The summed E-state index contributed by atoms with van der Waals surface area (Å²) in [6.07, 6.45) is 4.56. The summed E-state index contributed by atoms with van der Waals surface area (Å²) in [6, 6.07) is 6.32. The minimum atomic E-state index is -3.06. The van der Waals surface area contributed by atoms with Gasteiger partial charge in [-0.05, 0) is 30.5 Å². The third-order valence-electron chi connectivity index (χ3n) is 4.45. The van der Waals surface area contributed by atoms with Crippen LogP contribution in [0.2, 0.25) is 0 Å². The molecule has 0 amide bonds. The Kier molecular flexibility index (Phi) is 4.37. The number of methoxy groups -OCH3 is 1. The van der Waals surface area contributed by atoms with Crippen molar-refractivity contribution in [2.45, 2.75) is 44.4 Å². The summed E-state index contributed by atoms with van der Waals surface area (Å²) in [7, 11) is 1.52. The minimum Gasteiger partial charge on any atom is -0.497 e. The number of alkyl halides is 2. The van der Waals surface area contributed by atoms with Gasteiger partial charge in [0.25, 0.3) is 5.92 Å². The maximum Gasteiger partial charge on any atom is 0.278 e. The number of hydrogen-bond donors (Lipinski definition) is 1. The van der Waals surface area contributed by atoms with Gasteiger partial charge in [0.15, 0.2) is 0 Å². The number of unbranched alkanes of at least 4 members (excludes halogenated alkanes) is 1. The molecule has 0 spiro atoms. The summed E-state index contributed by atoms with van der Waals surface area (Å²) in [5.41, 5.74) is 0.0525. The fourth-order valence-electron chi connectivity index (χ4n) is 2.85. The predicted molar refractivity (Wildman–Crippen MR) is 85.0 cm³/mol. The van der Waals surface area contributed by atoms with Gasteiger partial charge in [0.2, 0.25) is 5.88 Å². The van der Waals surface area contributed by atoms with Crippen molar-refractivity contribution in [2.75, 3.05) is 7.11 Å². The second-order valence-electron chi connectivity index (χ2n) is 6.31.